The molecular formula is C23H14BrNO6. The molecule has 0 radical (unpaired) electrons. The number of nitro groups is 1. The van der Waals surface area contributed by atoms with Crippen LogP contribution in [0.1, 0.15) is 31.8 Å². The molecule has 0 fully saturated rings. The number of carbonyl (C=O) groups is 2. The van der Waals surface area contributed by atoms with Gasteiger partial charge in [-0.05, 0) is 70.9 Å². The Labute approximate surface area is 185 Å². The van der Waals surface area contributed by atoms with E-state index in [0.717, 1.165) is 0 Å². The standard InChI is InChI=1S/C23H14BrNO6/c1-13-19(31-23(27)16-4-2-3-5-18(16)24)11-10-17-21(26)20(30-22(13)17)12-14-6-8-15(9-7-14)25(28)29/h2-12H,1H3/b20-12-. The molecule has 154 valence electrons. The van der Waals surface area contributed by atoms with Crippen molar-refractivity contribution in [1.29, 1.82) is 0 Å². The fourth-order valence-corrected chi connectivity index (χ4v) is 3.55. The molecule has 0 aliphatic carbocycles. The Hall–Kier alpha value is -3.78. The molecule has 4 rings (SSSR count). The van der Waals surface area contributed by atoms with E-state index in [-0.39, 0.29) is 23.0 Å². The number of rotatable bonds is 4. The Morgan fingerprint density at radius 3 is 2.48 bits per heavy atom. The van der Waals surface area contributed by atoms with Crippen LogP contribution in [0.3, 0.4) is 0 Å². The van der Waals surface area contributed by atoms with Gasteiger partial charge in [-0.1, -0.05) is 12.1 Å². The molecular weight excluding hydrogens is 466 g/mol. The van der Waals surface area contributed by atoms with Crippen molar-refractivity contribution >= 4 is 39.4 Å². The van der Waals surface area contributed by atoms with Gasteiger partial charge in [-0.25, -0.2) is 4.79 Å². The highest BCUT2D eigenvalue weighted by Gasteiger charge is 2.30. The number of ketones is 1. The second-order valence-corrected chi connectivity index (χ2v) is 7.58. The SMILES string of the molecule is Cc1c(OC(=O)c2ccccc2Br)ccc2c1O/C(=C\c1ccc([N+](=O)[O-])cc1)C2=O. The molecule has 7 nitrogen and oxygen atoms in total. The second kappa shape index (κ2) is 8.16. The van der Waals surface area contributed by atoms with Crippen LogP contribution in [0, 0.1) is 17.0 Å². The molecule has 3 aromatic carbocycles. The molecule has 0 unspecified atom stereocenters. The maximum Gasteiger partial charge on any atom is 0.344 e. The molecule has 1 aliphatic rings. The highest BCUT2D eigenvalue weighted by Crippen LogP contribution is 2.39. The molecule has 0 saturated carbocycles. The van der Waals surface area contributed by atoms with Crippen LogP contribution in [0.4, 0.5) is 5.69 Å². The fourth-order valence-electron chi connectivity index (χ4n) is 3.10. The summed E-state index contributed by atoms with van der Waals surface area (Å²) >= 11 is 3.32. The van der Waals surface area contributed by atoms with Crippen molar-refractivity contribution in [3.8, 4) is 11.5 Å². The van der Waals surface area contributed by atoms with Gasteiger partial charge in [0.05, 0.1) is 16.1 Å². The maximum absolute atomic E-state index is 12.7. The number of ether oxygens (including phenoxy) is 2. The summed E-state index contributed by atoms with van der Waals surface area (Å²) in [6.07, 6.45) is 1.51. The third-order valence-electron chi connectivity index (χ3n) is 4.73. The van der Waals surface area contributed by atoms with Crippen molar-refractivity contribution in [1.82, 2.24) is 0 Å². The third-order valence-corrected chi connectivity index (χ3v) is 5.43. The number of carbonyl (C=O) groups excluding carboxylic acids is 2. The van der Waals surface area contributed by atoms with Crippen LogP contribution in [0.15, 0.2) is 70.9 Å². The predicted molar refractivity (Wildman–Crippen MR) is 116 cm³/mol. The van der Waals surface area contributed by atoms with Crippen LogP contribution >= 0.6 is 15.9 Å². The molecule has 1 aliphatic heterocycles. The average molecular weight is 480 g/mol. The first kappa shape index (κ1) is 20.5. The molecule has 0 aromatic heterocycles. The summed E-state index contributed by atoms with van der Waals surface area (Å²) in [6, 6.07) is 15.8. The molecule has 0 N–H and O–H groups in total. The van der Waals surface area contributed by atoms with E-state index in [1.165, 1.54) is 30.3 Å². The zero-order chi connectivity index (χ0) is 22.1. The van der Waals surface area contributed by atoms with Gasteiger partial charge in [-0.15, -0.1) is 0 Å². The number of halogens is 1. The van der Waals surface area contributed by atoms with Crippen molar-refractivity contribution in [2.24, 2.45) is 0 Å². The Balaban J connectivity index is 1.60. The van der Waals surface area contributed by atoms with Crippen molar-refractivity contribution in [2.75, 3.05) is 0 Å². The minimum Gasteiger partial charge on any atom is -0.452 e. The van der Waals surface area contributed by atoms with Gasteiger partial charge in [-0.2, -0.15) is 0 Å². The molecule has 0 amide bonds. The van der Waals surface area contributed by atoms with Gasteiger partial charge in [-0.3, -0.25) is 14.9 Å². The Morgan fingerprint density at radius 1 is 1.10 bits per heavy atom. The van der Waals surface area contributed by atoms with E-state index < -0.39 is 10.9 Å². The van der Waals surface area contributed by atoms with Crippen LogP contribution < -0.4 is 9.47 Å². The zero-order valence-electron chi connectivity index (χ0n) is 16.1. The number of hydrogen-bond acceptors (Lipinski definition) is 6. The van der Waals surface area contributed by atoms with E-state index in [9.17, 15) is 19.7 Å². The Bertz CT molecular complexity index is 1260. The number of non-ortho nitro benzene ring substituents is 1. The van der Waals surface area contributed by atoms with Gasteiger partial charge in [0.2, 0.25) is 5.78 Å². The lowest BCUT2D eigenvalue weighted by molar-refractivity contribution is -0.384. The van der Waals surface area contributed by atoms with Gasteiger partial charge < -0.3 is 9.47 Å². The van der Waals surface area contributed by atoms with Crippen LogP contribution in [0.5, 0.6) is 11.5 Å². The summed E-state index contributed by atoms with van der Waals surface area (Å²) in [5.74, 6) is -0.178. The van der Waals surface area contributed by atoms with Crippen LogP contribution in [0.2, 0.25) is 0 Å². The Kier molecular flexibility index (Phi) is 5.39. The van der Waals surface area contributed by atoms with Gasteiger partial charge in [0.25, 0.3) is 5.69 Å². The van der Waals surface area contributed by atoms with Crippen molar-refractivity contribution < 1.29 is 24.0 Å². The predicted octanol–water partition coefficient (Wildman–Crippen LogP) is 5.50. The van der Waals surface area contributed by atoms with Crippen molar-refractivity contribution in [3.63, 3.8) is 0 Å². The van der Waals surface area contributed by atoms with Crippen LogP contribution in [-0.4, -0.2) is 16.7 Å². The number of nitrogens with zero attached hydrogens (tertiary/aromatic N) is 1. The van der Waals surface area contributed by atoms with E-state index in [1.54, 1.807) is 43.3 Å². The first-order valence-electron chi connectivity index (χ1n) is 9.14. The smallest absolute Gasteiger partial charge is 0.344 e. The quantitative estimate of drug-likeness (QED) is 0.161. The summed E-state index contributed by atoms with van der Waals surface area (Å²) in [7, 11) is 0. The number of esters is 1. The van der Waals surface area contributed by atoms with Crippen molar-refractivity contribution in [2.45, 2.75) is 6.92 Å². The molecule has 0 bridgehead atoms. The molecule has 31 heavy (non-hydrogen) atoms. The summed E-state index contributed by atoms with van der Waals surface area (Å²) in [5, 5.41) is 10.8. The average Bonchev–Trinajstić information content (AvgIpc) is 3.07. The van der Waals surface area contributed by atoms with E-state index in [4.69, 9.17) is 9.47 Å². The van der Waals surface area contributed by atoms with Gasteiger partial charge in [0.15, 0.2) is 5.76 Å². The molecule has 0 atom stereocenters. The van der Waals surface area contributed by atoms with Gasteiger partial charge >= 0.3 is 5.97 Å². The van der Waals surface area contributed by atoms with E-state index in [1.807, 2.05) is 0 Å². The first-order valence-corrected chi connectivity index (χ1v) is 9.93. The number of Topliss-reactive ketones (excluding diaryl/α,β-unsaturated/α-hetero) is 1. The summed E-state index contributed by atoms with van der Waals surface area (Å²) in [4.78, 5) is 35.5. The number of fused-ring (bicyclic) bond motifs is 1. The third kappa shape index (κ3) is 3.97. The van der Waals surface area contributed by atoms with Crippen LogP contribution in [-0.2, 0) is 0 Å². The van der Waals surface area contributed by atoms with E-state index in [2.05, 4.69) is 15.9 Å². The maximum atomic E-state index is 12.7. The lowest BCUT2D eigenvalue weighted by Crippen LogP contribution is -2.10. The van der Waals surface area contributed by atoms with E-state index >= 15 is 0 Å². The lowest BCUT2D eigenvalue weighted by atomic mass is 10.1. The summed E-state index contributed by atoms with van der Waals surface area (Å²) in [6.45, 7) is 1.70. The second-order valence-electron chi connectivity index (χ2n) is 6.72. The summed E-state index contributed by atoms with van der Waals surface area (Å²) < 4.78 is 11.9. The molecule has 0 saturated heterocycles. The fraction of sp³-hybridized carbons (Fsp3) is 0.0435. The summed E-state index contributed by atoms with van der Waals surface area (Å²) in [5.41, 5.74) is 1.78. The Morgan fingerprint density at radius 2 is 1.81 bits per heavy atom. The lowest BCUT2D eigenvalue weighted by Gasteiger charge is -2.10. The molecule has 0 spiro atoms. The topological polar surface area (TPSA) is 95.7 Å². The minimum absolute atomic E-state index is 0.0449. The van der Waals surface area contributed by atoms with E-state index in [0.29, 0.717) is 32.5 Å². The molecule has 1 heterocycles. The number of nitro benzene ring substituents is 1. The number of allylic oxidation sites excluding steroid dienone is 1. The minimum atomic E-state index is -0.540. The molecule has 3 aromatic rings. The first-order chi connectivity index (χ1) is 14.8. The highest BCUT2D eigenvalue weighted by atomic mass is 79.9. The highest BCUT2D eigenvalue weighted by molar-refractivity contribution is 9.10. The van der Waals surface area contributed by atoms with Gasteiger partial charge in [0, 0.05) is 22.2 Å². The zero-order valence-corrected chi connectivity index (χ0v) is 17.7. The monoisotopic (exact) mass is 479 g/mol. The molecule has 8 heteroatoms. The number of benzene rings is 3. The largest absolute Gasteiger partial charge is 0.452 e. The number of hydrogen-bond donors (Lipinski definition) is 0. The normalized spacial score (nSPS) is 13.6. The van der Waals surface area contributed by atoms with Crippen molar-refractivity contribution in [3.05, 3.63) is 103 Å². The van der Waals surface area contributed by atoms with Crippen LogP contribution in [0.25, 0.3) is 6.08 Å². The van der Waals surface area contributed by atoms with Gasteiger partial charge in [0.1, 0.15) is 11.5 Å².